The van der Waals surface area contributed by atoms with Gasteiger partial charge in [-0.05, 0) is 86.1 Å². The highest BCUT2D eigenvalue weighted by molar-refractivity contribution is 6.43. The first-order valence-corrected chi connectivity index (χ1v) is 16.1. The zero-order valence-electron chi connectivity index (χ0n) is 27.6. The van der Waals surface area contributed by atoms with E-state index in [0.29, 0.717) is 36.5 Å². The zero-order valence-corrected chi connectivity index (χ0v) is 27.6. The lowest BCUT2D eigenvalue weighted by molar-refractivity contribution is -0.161. The van der Waals surface area contributed by atoms with Gasteiger partial charge in [0.15, 0.2) is 11.5 Å². The minimum atomic E-state index is -0.905. The van der Waals surface area contributed by atoms with E-state index in [2.05, 4.69) is 12.1 Å². The highest BCUT2D eigenvalue weighted by Gasteiger charge is 2.38. The van der Waals surface area contributed by atoms with Crippen molar-refractivity contribution in [2.75, 3.05) is 27.9 Å². The Hall–Kier alpha value is -5.31. The molecule has 1 amide bonds. The van der Waals surface area contributed by atoms with Gasteiger partial charge in [-0.3, -0.25) is 9.59 Å². The minimum absolute atomic E-state index is 0.0706. The molecule has 48 heavy (non-hydrogen) atoms. The highest BCUT2D eigenvalue weighted by Crippen LogP contribution is 2.39. The normalized spacial score (nSPS) is 14.8. The Balaban J connectivity index is 1.36. The average Bonchev–Trinajstić information content (AvgIpc) is 3.14. The van der Waals surface area contributed by atoms with E-state index < -0.39 is 29.8 Å². The van der Waals surface area contributed by atoms with Gasteiger partial charge in [0.05, 0.1) is 21.3 Å². The number of esters is 1. The van der Waals surface area contributed by atoms with E-state index in [4.69, 9.17) is 23.7 Å². The topological polar surface area (TPSA) is 101 Å². The fourth-order valence-corrected chi connectivity index (χ4v) is 5.94. The number of piperidine rings is 1. The Labute approximate surface area is 281 Å². The molecule has 1 aliphatic heterocycles. The van der Waals surface area contributed by atoms with Crippen molar-refractivity contribution in [1.82, 2.24) is 4.90 Å². The lowest BCUT2D eigenvalue weighted by atomic mass is 9.98. The molecule has 0 spiro atoms. The number of amides is 1. The number of nitrogens with zero attached hydrogens (tertiary/aromatic N) is 1. The lowest BCUT2D eigenvalue weighted by Gasteiger charge is -2.34. The number of carbonyl (C=O) groups excluding carboxylic acids is 3. The summed E-state index contributed by atoms with van der Waals surface area (Å²) in [5, 5.41) is 0. The van der Waals surface area contributed by atoms with Gasteiger partial charge in [0.1, 0.15) is 23.6 Å². The summed E-state index contributed by atoms with van der Waals surface area (Å²) in [5.41, 5.74) is 2.05. The molecule has 2 atom stereocenters. The van der Waals surface area contributed by atoms with Crippen LogP contribution in [-0.2, 0) is 20.7 Å². The fraction of sp³-hybridized carbons (Fsp3) is 0.308. The van der Waals surface area contributed by atoms with Crippen LogP contribution in [0.5, 0.6) is 28.7 Å². The molecule has 0 aromatic heterocycles. The second-order valence-electron chi connectivity index (χ2n) is 11.5. The first kappa shape index (κ1) is 34.0. The predicted molar refractivity (Wildman–Crippen MR) is 181 cm³/mol. The van der Waals surface area contributed by atoms with E-state index in [1.807, 2.05) is 72.8 Å². The van der Waals surface area contributed by atoms with E-state index in [-0.39, 0.29) is 23.6 Å². The van der Waals surface area contributed by atoms with Gasteiger partial charge in [-0.1, -0.05) is 60.7 Å². The van der Waals surface area contributed by atoms with Crippen LogP contribution in [0.25, 0.3) is 0 Å². The van der Waals surface area contributed by atoms with Gasteiger partial charge in [0.2, 0.25) is 5.75 Å². The van der Waals surface area contributed by atoms with E-state index in [9.17, 15) is 14.4 Å². The summed E-state index contributed by atoms with van der Waals surface area (Å²) >= 11 is 0. The largest absolute Gasteiger partial charge is 0.493 e. The second kappa shape index (κ2) is 16.5. The standard InChI is InChI=1S/C39H41NO8/c1-44-34-25-29(26-35(45-2)37(34)46-3)36(41)38(42)40-23-11-10-21-32(40)39(43)48-33(22-12-16-27-14-6-4-7-15-27)28-17-13-20-31(24-28)47-30-18-8-5-9-19-30/h4-9,13-15,17-20,24-26,32-33H,10-12,16,21-23H2,1-3H3/t32-,33?/m0/s1. The molecule has 0 N–H and O–H groups in total. The van der Waals surface area contributed by atoms with Crippen molar-refractivity contribution in [1.29, 1.82) is 0 Å². The minimum Gasteiger partial charge on any atom is -0.493 e. The van der Waals surface area contributed by atoms with Gasteiger partial charge in [-0.15, -0.1) is 0 Å². The molecule has 4 aromatic carbocycles. The molecule has 0 bridgehead atoms. The number of benzene rings is 4. The predicted octanol–water partition coefficient (Wildman–Crippen LogP) is 7.38. The van der Waals surface area contributed by atoms with Crippen molar-refractivity contribution in [2.24, 2.45) is 0 Å². The number of rotatable bonds is 14. The summed E-state index contributed by atoms with van der Waals surface area (Å²) in [7, 11) is 4.33. The van der Waals surface area contributed by atoms with Crippen molar-refractivity contribution in [2.45, 2.75) is 50.7 Å². The highest BCUT2D eigenvalue weighted by atomic mass is 16.5. The maximum atomic E-state index is 13.9. The van der Waals surface area contributed by atoms with Crippen LogP contribution >= 0.6 is 0 Å². The number of ketones is 1. The number of methoxy groups -OCH3 is 3. The van der Waals surface area contributed by atoms with Crippen LogP contribution in [-0.4, -0.2) is 56.5 Å². The van der Waals surface area contributed by atoms with Crippen molar-refractivity contribution >= 4 is 17.7 Å². The lowest BCUT2D eigenvalue weighted by Crippen LogP contribution is -2.51. The number of likely N-dealkylation sites (tertiary alicyclic amines) is 1. The molecule has 0 radical (unpaired) electrons. The van der Waals surface area contributed by atoms with Gasteiger partial charge >= 0.3 is 5.97 Å². The SMILES string of the molecule is COc1cc(C(=O)C(=O)N2CCCC[C@H]2C(=O)OC(CCCc2ccccc2)c2cccc(Oc3ccccc3)c2)cc(OC)c1OC. The molecule has 1 fully saturated rings. The molecular weight excluding hydrogens is 610 g/mol. The molecule has 1 aliphatic rings. The third kappa shape index (κ3) is 8.34. The maximum Gasteiger partial charge on any atom is 0.329 e. The van der Waals surface area contributed by atoms with Crippen molar-refractivity contribution < 1.29 is 38.1 Å². The van der Waals surface area contributed by atoms with E-state index in [0.717, 1.165) is 24.8 Å². The quantitative estimate of drug-likeness (QED) is 0.0792. The first-order chi connectivity index (χ1) is 23.4. The Morgan fingerprint density at radius 2 is 1.44 bits per heavy atom. The summed E-state index contributed by atoms with van der Waals surface area (Å²) in [6.45, 7) is 0.258. The van der Waals surface area contributed by atoms with Gasteiger partial charge in [-0.2, -0.15) is 0 Å². The van der Waals surface area contributed by atoms with Crippen LogP contribution in [0.2, 0.25) is 0 Å². The number of aryl methyl sites for hydroxylation is 1. The Kier molecular flexibility index (Phi) is 11.7. The molecule has 1 heterocycles. The van der Waals surface area contributed by atoms with E-state index >= 15 is 0 Å². The molecule has 1 saturated heterocycles. The third-order valence-corrected chi connectivity index (χ3v) is 8.40. The number of hydrogen-bond acceptors (Lipinski definition) is 8. The van der Waals surface area contributed by atoms with Crippen LogP contribution in [0.4, 0.5) is 0 Å². The van der Waals surface area contributed by atoms with Gasteiger partial charge in [0, 0.05) is 12.1 Å². The fourth-order valence-electron chi connectivity index (χ4n) is 5.94. The van der Waals surface area contributed by atoms with Crippen molar-refractivity contribution in [3.63, 3.8) is 0 Å². The van der Waals surface area contributed by atoms with E-state index in [1.54, 1.807) is 0 Å². The second-order valence-corrected chi connectivity index (χ2v) is 11.5. The van der Waals surface area contributed by atoms with Crippen molar-refractivity contribution in [3.8, 4) is 28.7 Å². The molecule has 0 aliphatic carbocycles. The van der Waals surface area contributed by atoms with Crippen LogP contribution in [0.15, 0.2) is 97.1 Å². The molecule has 4 aromatic rings. The number of carbonyl (C=O) groups is 3. The summed E-state index contributed by atoms with van der Waals surface area (Å²) in [6.07, 6.45) is 3.32. The molecule has 9 heteroatoms. The number of hydrogen-bond donors (Lipinski definition) is 0. The van der Waals surface area contributed by atoms with Crippen LogP contribution in [0, 0.1) is 0 Å². The summed E-state index contributed by atoms with van der Waals surface area (Å²) < 4.78 is 28.4. The molecule has 250 valence electrons. The van der Waals surface area contributed by atoms with Gasteiger partial charge < -0.3 is 28.6 Å². The van der Waals surface area contributed by atoms with E-state index in [1.165, 1.54) is 43.9 Å². The van der Waals surface area contributed by atoms with Crippen LogP contribution in [0.3, 0.4) is 0 Å². The molecule has 0 saturated carbocycles. The Bertz CT molecular complexity index is 1670. The monoisotopic (exact) mass is 651 g/mol. The summed E-state index contributed by atoms with van der Waals surface area (Å²) in [5.74, 6) is 0.0104. The third-order valence-electron chi connectivity index (χ3n) is 8.40. The Morgan fingerprint density at radius 1 is 0.771 bits per heavy atom. The molecule has 1 unspecified atom stereocenters. The molecule has 9 nitrogen and oxygen atoms in total. The first-order valence-electron chi connectivity index (χ1n) is 16.1. The summed E-state index contributed by atoms with van der Waals surface area (Å²) in [4.78, 5) is 42.5. The summed E-state index contributed by atoms with van der Waals surface area (Å²) in [6, 6.07) is 29.1. The van der Waals surface area contributed by atoms with Crippen molar-refractivity contribution in [3.05, 3.63) is 114 Å². The van der Waals surface area contributed by atoms with Gasteiger partial charge in [-0.25, -0.2) is 4.79 Å². The molecule has 5 rings (SSSR count). The Morgan fingerprint density at radius 3 is 2.10 bits per heavy atom. The van der Waals surface area contributed by atoms with Crippen LogP contribution < -0.4 is 18.9 Å². The molecular formula is C39H41NO8. The van der Waals surface area contributed by atoms with Crippen LogP contribution in [0.1, 0.15) is 59.7 Å². The number of ether oxygens (including phenoxy) is 5. The van der Waals surface area contributed by atoms with Gasteiger partial charge in [0.25, 0.3) is 11.7 Å². The number of Topliss-reactive ketones (excluding diaryl/α,β-unsaturated/α-hetero) is 1. The maximum absolute atomic E-state index is 13.9. The number of para-hydroxylation sites is 1. The smallest absolute Gasteiger partial charge is 0.329 e. The zero-order chi connectivity index (χ0) is 33.9. The average molecular weight is 652 g/mol.